The summed E-state index contributed by atoms with van der Waals surface area (Å²) in [5.41, 5.74) is 0.488. The third kappa shape index (κ3) is 0.572. The highest BCUT2D eigenvalue weighted by Crippen LogP contribution is 2.09. The Hall–Kier alpha value is -1.51. The summed E-state index contributed by atoms with van der Waals surface area (Å²) in [5, 5.41) is 11.7. The highest BCUT2D eigenvalue weighted by Gasteiger charge is 1.91. The summed E-state index contributed by atoms with van der Waals surface area (Å²) < 4.78 is 0.759. The molecule has 0 N–H and O–H groups in total. The van der Waals surface area contributed by atoms with E-state index in [2.05, 4.69) is 4.98 Å². The van der Waals surface area contributed by atoms with Gasteiger partial charge in [0.05, 0.1) is 0 Å². The van der Waals surface area contributed by atoms with Crippen molar-refractivity contribution >= 4 is 11.0 Å². The van der Waals surface area contributed by atoms with Crippen molar-refractivity contribution in [2.45, 2.75) is 0 Å². The Bertz CT molecular complexity index is 353. The zero-order chi connectivity index (χ0) is 6.97. The standard InChI is InChI=1S/C7H5N2O/c10-9-5-3-6-2-1-4-8-7(6)9/h1-5H/q-1. The lowest BCUT2D eigenvalue weighted by molar-refractivity contribution is 1.11. The molecule has 0 unspecified atom stereocenters. The summed E-state index contributed by atoms with van der Waals surface area (Å²) >= 11 is 0. The van der Waals surface area contributed by atoms with Crippen molar-refractivity contribution in [1.29, 1.82) is 0 Å². The molecule has 0 bridgehead atoms. The number of aromatic nitrogens is 2. The van der Waals surface area contributed by atoms with Gasteiger partial charge in [0.15, 0.2) is 0 Å². The minimum atomic E-state index is 0.488. The molecule has 0 aromatic carbocycles. The first kappa shape index (κ1) is 5.29. The van der Waals surface area contributed by atoms with E-state index >= 15 is 0 Å². The first-order valence-corrected chi connectivity index (χ1v) is 2.97. The molecule has 0 fully saturated rings. The Morgan fingerprint density at radius 3 is 3.10 bits per heavy atom. The van der Waals surface area contributed by atoms with Crippen LogP contribution in [0.25, 0.3) is 11.0 Å². The molecule has 3 heteroatoms. The Balaban J connectivity index is 2.93. The second kappa shape index (κ2) is 1.73. The van der Waals surface area contributed by atoms with Gasteiger partial charge in [0, 0.05) is 17.8 Å². The van der Waals surface area contributed by atoms with Crippen molar-refractivity contribution in [2.24, 2.45) is 0 Å². The first-order valence-electron chi connectivity index (χ1n) is 2.97. The zero-order valence-corrected chi connectivity index (χ0v) is 5.19. The summed E-state index contributed by atoms with van der Waals surface area (Å²) in [4.78, 5) is 3.89. The van der Waals surface area contributed by atoms with E-state index in [1.165, 1.54) is 6.20 Å². The quantitative estimate of drug-likeness (QED) is 0.544. The Morgan fingerprint density at radius 1 is 1.40 bits per heavy atom. The van der Waals surface area contributed by atoms with Crippen molar-refractivity contribution in [3.8, 4) is 0 Å². The van der Waals surface area contributed by atoms with Crippen LogP contribution in [-0.2, 0) is 0 Å². The number of hydrogen-bond donors (Lipinski definition) is 0. The molecule has 0 radical (unpaired) electrons. The molecule has 50 valence electrons. The monoisotopic (exact) mass is 133 g/mol. The second-order valence-electron chi connectivity index (χ2n) is 2.06. The normalized spacial score (nSPS) is 10.4. The van der Waals surface area contributed by atoms with E-state index in [9.17, 15) is 5.21 Å². The minimum absolute atomic E-state index is 0.488. The van der Waals surface area contributed by atoms with E-state index in [-0.39, 0.29) is 0 Å². The molecule has 0 amide bonds. The van der Waals surface area contributed by atoms with Gasteiger partial charge in [-0.2, -0.15) is 0 Å². The molecular formula is C7H5N2O-. The molecule has 2 aromatic heterocycles. The van der Waals surface area contributed by atoms with Gasteiger partial charge in [0.2, 0.25) is 0 Å². The van der Waals surface area contributed by atoms with E-state index in [4.69, 9.17) is 0 Å². The third-order valence-corrected chi connectivity index (χ3v) is 1.42. The summed E-state index contributed by atoms with van der Waals surface area (Å²) in [6.07, 6.45) is 3.06. The van der Waals surface area contributed by atoms with Crippen LogP contribution >= 0.6 is 0 Å². The molecule has 0 spiro atoms. The fourth-order valence-corrected chi connectivity index (χ4v) is 0.942. The summed E-state index contributed by atoms with van der Waals surface area (Å²) in [7, 11) is 0. The van der Waals surface area contributed by atoms with Gasteiger partial charge >= 0.3 is 0 Å². The van der Waals surface area contributed by atoms with Crippen molar-refractivity contribution in [3.05, 3.63) is 35.8 Å². The molecule has 10 heavy (non-hydrogen) atoms. The van der Waals surface area contributed by atoms with Crippen molar-refractivity contribution in [1.82, 2.24) is 9.71 Å². The van der Waals surface area contributed by atoms with Crippen LogP contribution in [0.5, 0.6) is 0 Å². The number of fused-ring (bicyclic) bond motifs is 1. The Morgan fingerprint density at radius 2 is 2.30 bits per heavy atom. The fraction of sp³-hybridized carbons (Fsp3) is 0. The average molecular weight is 133 g/mol. The number of nitrogens with zero attached hydrogens (tertiary/aromatic N) is 2. The van der Waals surface area contributed by atoms with Crippen LogP contribution in [0, 0.1) is 5.21 Å². The van der Waals surface area contributed by atoms with Crippen LogP contribution < -0.4 is 0 Å². The highest BCUT2D eigenvalue weighted by atomic mass is 16.5. The maximum atomic E-state index is 10.8. The molecule has 0 aliphatic heterocycles. The largest absolute Gasteiger partial charge is 0.805 e. The van der Waals surface area contributed by atoms with Gasteiger partial charge in [-0.25, -0.2) is 4.98 Å². The van der Waals surface area contributed by atoms with E-state index in [0.29, 0.717) is 5.65 Å². The predicted octanol–water partition coefficient (Wildman–Crippen LogP) is 1.38. The van der Waals surface area contributed by atoms with E-state index in [1.54, 1.807) is 12.3 Å². The molecule has 2 heterocycles. The average Bonchev–Trinajstić information content (AvgIpc) is 2.34. The van der Waals surface area contributed by atoms with Crippen LogP contribution in [0.3, 0.4) is 0 Å². The van der Waals surface area contributed by atoms with Crippen LogP contribution in [0.1, 0.15) is 0 Å². The van der Waals surface area contributed by atoms with Gasteiger partial charge in [0.25, 0.3) is 0 Å². The van der Waals surface area contributed by atoms with Gasteiger partial charge in [-0.1, -0.05) is 0 Å². The van der Waals surface area contributed by atoms with Gasteiger partial charge in [-0.05, 0) is 18.2 Å². The molecule has 3 nitrogen and oxygen atoms in total. The zero-order valence-electron chi connectivity index (χ0n) is 5.19. The lowest BCUT2D eigenvalue weighted by Crippen LogP contribution is -1.83. The van der Waals surface area contributed by atoms with E-state index in [0.717, 1.165) is 10.1 Å². The summed E-state index contributed by atoms with van der Waals surface area (Å²) in [6.45, 7) is 0. The van der Waals surface area contributed by atoms with Gasteiger partial charge in [-0.3, -0.25) is 0 Å². The summed E-state index contributed by atoms with van der Waals surface area (Å²) in [5.74, 6) is 0. The lowest BCUT2D eigenvalue weighted by atomic mass is 10.3. The Labute approximate surface area is 57.5 Å². The first-order chi connectivity index (χ1) is 4.88. The fourth-order valence-electron chi connectivity index (χ4n) is 0.942. The maximum absolute atomic E-state index is 10.8. The number of rotatable bonds is 0. The number of hydrogen-bond acceptors (Lipinski definition) is 2. The third-order valence-electron chi connectivity index (χ3n) is 1.42. The van der Waals surface area contributed by atoms with Gasteiger partial charge in [-0.15, -0.1) is 0 Å². The van der Waals surface area contributed by atoms with Crippen molar-refractivity contribution in [2.75, 3.05) is 0 Å². The van der Waals surface area contributed by atoms with E-state index in [1.807, 2.05) is 12.1 Å². The highest BCUT2D eigenvalue weighted by molar-refractivity contribution is 5.75. The molecule has 0 aliphatic rings. The van der Waals surface area contributed by atoms with E-state index < -0.39 is 0 Å². The Kier molecular flexibility index (Phi) is 0.917. The van der Waals surface area contributed by atoms with Crippen LogP contribution in [-0.4, -0.2) is 9.71 Å². The smallest absolute Gasteiger partial charge is 0.135 e. The molecule has 0 saturated carbocycles. The maximum Gasteiger partial charge on any atom is 0.135 e. The number of pyridine rings is 1. The second-order valence-corrected chi connectivity index (χ2v) is 2.06. The molecule has 2 aromatic rings. The molecule has 2 rings (SSSR count). The predicted molar refractivity (Wildman–Crippen MR) is 38.5 cm³/mol. The summed E-state index contributed by atoms with van der Waals surface area (Å²) in [6, 6.07) is 5.41. The minimum Gasteiger partial charge on any atom is -0.805 e. The molecule has 0 atom stereocenters. The van der Waals surface area contributed by atoms with Gasteiger partial charge < -0.3 is 9.94 Å². The van der Waals surface area contributed by atoms with Crippen LogP contribution in [0.2, 0.25) is 0 Å². The SMILES string of the molecule is [O-]n1ccc2cccnc21. The van der Waals surface area contributed by atoms with Crippen LogP contribution in [0.15, 0.2) is 30.6 Å². The topological polar surface area (TPSA) is 40.9 Å². The lowest BCUT2D eigenvalue weighted by Gasteiger charge is -2.04. The molecule has 0 saturated heterocycles. The van der Waals surface area contributed by atoms with Gasteiger partial charge in [0.1, 0.15) is 5.65 Å². The van der Waals surface area contributed by atoms with Crippen molar-refractivity contribution in [3.63, 3.8) is 0 Å². The molecule has 0 aliphatic carbocycles. The van der Waals surface area contributed by atoms with Crippen molar-refractivity contribution < 1.29 is 0 Å². The van der Waals surface area contributed by atoms with Crippen LogP contribution in [0.4, 0.5) is 0 Å². The molecular weight excluding hydrogens is 128 g/mol.